The molecule has 1 aromatic rings. The lowest BCUT2D eigenvalue weighted by atomic mass is 10.1. The Morgan fingerprint density at radius 2 is 2.06 bits per heavy atom. The number of carboxylic acid groups (broad SMARTS) is 1. The summed E-state index contributed by atoms with van der Waals surface area (Å²) in [6, 6.07) is 6.85. The predicted octanol–water partition coefficient (Wildman–Crippen LogP) is 3.42. The molecule has 0 aromatic heterocycles. The number of carboxylic acids is 1. The van der Waals surface area contributed by atoms with Crippen molar-refractivity contribution in [3.05, 3.63) is 29.3 Å². The molecule has 94 valence electrons. The molecule has 0 aliphatic heterocycles. The van der Waals surface area contributed by atoms with Crippen LogP contribution in [-0.4, -0.2) is 23.7 Å². The van der Waals surface area contributed by atoms with Crippen molar-refractivity contribution in [2.24, 2.45) is 0 Å². The zero-order chi connectivity index (χ0) is 12.8. The summed E-state index contributed by atoms with van der Waals surface area (Å²) in [7, 11) is 0. The van der Waals surface area contributed by atoms with E-state index in [0.717, 1.165) is 12.1 Å². The van der Waals surface area contributed by atoms with E-state index in [-0.39, 0.29) is 0 Å². The molecule has 4 heteroatoms. The molecule has 1 rings (SSSR count). The standard InChI is InChI=1S/C13H18ClNO2/c1-3-9-15(11(4-2)13(16)17)12-8-6-5-7-10(12)14/h5-8,11H,3-4,9H2,1-2H3,(H,16,17)/t11-/m0/s1. The van der Waals surface area contributed by atoms with Crippen molar-refractivity contribution in [2.45, 2.75) is 32.7 Å². The van der Waals surface area contributed by atoms with Crippen LogP contribution in [0.3, 0.4) is 0 Å². The number of halogens is 1. The smallest absolute Gasteiger partial charge is 0.326 e. The van der Waals surface area contributed by atoms with Crippen LogP contribution in [0.15, 0.2) is 24.3 Å². The van der Waals surface area contributed by atoms with E-state index in [4.69, 9.17) is 11.6 Å². The Labute approximate surface area is 107 Å². The number of hydrogen-bond acceptors (Lipinski definition) is 2. The quantitative estimate of drug-likeness (QED) is 0.847. The monoisotopic (exact) mass is 255 g/mol. The van der Waals surface area contributed by atoms with Crippen molar-refractivity contribution < 1.29 is 9.90 Å². The van der Waals surface area contributed by atoms with Crippen LogP contribution in [0.1, 0.15) is 26.7 Å². The summed E-state index contributed by atoms with van der Waals surface area (Å²) < 4.78 is 0. The zero-order valence-corrected chi connectivity index (χ0v) is 10.9. The molecule has 17 heavy (non-hydrogen) atoms. The molecule has 0 amide bonds. The van der Waals surface area contributed by atoms with Crippen LogP contribution in [0, 0.1) is 0 Å². The molecule has 0 unspecified atom stereocenters. The fourth-order valence-corrected chi connectivity index (χ4v) is 2.14. The summed E-state index contributed by atoms with van der Waals surface area (Å²) >= 11 is 6.13. The Kier molecular flexibility index (Phi) is 5.29. The third-order valence-corrected chi connectivity index (χ3v) is 2.99. The second-order valence-electron chi connectivity index (χ2n) is 3.91. The Morgan fingerprint density at radius 1 is 1.41 bits per heavy atom. The predicted molar refractivity (Wildman–Crippen MR) is 70.8 cm³/mol. The Hall–Kier alpha value is -1.22. The van der Waals surface area contributed by atoms with E-state index in [1.165, 1.54) is 0 Å². The fraction of sp³-hybridized carbons (Fsp3) is 0.462. The maximum atomic E-state index is 11.2. The minimum Gasteiger partial charge on any atom is -0.480 e. The average molecular weight is 256 g/mol. The topological polar surface area (TPSA) is 40.5 Å². The van der Waals surface area contributed by atoms with Gasteiger partial charge in [0.05, 0.1) is 10.7 Å². The molecule has 1 aromatic carbocycles. The first kappa shape index (κ1) is 13.8. The second-order valence-corrected chi connectivity index (χ2v) is 4.31. The molecule has 0 radical (unpaired) electrons. The molecule has 0 saturated carbocycles. The van der Waals surface area contributed by atoms with E-state index in [2.05, 4.69) is 0 Å². The van der Waals surface area contributed by atoms with Gasteiger partial charge in [0, 0.05) is 6.54 Å². The van der Waals surface area contributed by atoms with Gasteiger partial charge in [-0.3, -0.25) is 0 Å². The van der Waals surface area contributed by atoms with Gasteiger partial charge in [0.2, 0.25) is 0 Å². The average Bonchev–Trinajstić information content (AvgIpc) is 2.29. The number of nitrogens with zero attached hydrogens (tertiary/aromatic N) is 1. The molecule has 0 fully saturated rings. The number of anilines is 1. The SMILES string of the molecule is CCCN(c1ccccc1Cl)[C@@H](CC)C(=O)O. The van der Waals surface area contributed by atoms with Gasteiger partial charge in [-0.25, -0.2) is 4.79 Å². The van der Waals surface area contributed by atoms with E-state index in [1.54, 1.807) is 6.07 Å². The first-order valence-electron chi connectivity index (χ1n) is 5.85. The van der Waals surface area contributed by atoms with Crippen LogP contribution in [0.2, 0.25) is 5.02 Å². The van der Waals surface area contributed by atoms with Crippen LogP contribution in [0.4, 0.5) is 5.69 Å². The highest BCUT2D eigenvalue weighted by Crippen LogP contribution is 2.27. The molecule has 1 N–H and O–H groups in total. The summed E-state index contributed by atoms with van der Waals surface area (Å²) in [5.41, 5.74) is 0.797. The third-order valence-electron chi connectivity index (χ3n) is 2.67. The third kappa shape index (κ3) is 3.37. The van der Waals surface area contributed by atoms with Crippen LogP contribution in [-0.2, 0) is 4.79 Å². The molecule has 0 aliphatic rings. The molecular formula is C13H18ClNO2. The molecular weight excluding hydrogens is 238 g/mol. The number of carbonyl (C=O) groups is 1. The first-order chi connectivity index (χ1) is 8.11. The van der Waals surface area contributed by atoms with Gasteiger partial charge in [0.1, 0.15) is 6.04 Å². The van der Waals surface area contributed by atoms with Crippen molar-refractivity contribution in [1.82, 2.24) is 0 Å². The fourth-order valence-electron chi connectivity index (χ4n) is 1.90. The molecule has 3 nitrogen and oxygen atoms in total. The highest BCUT2D eigenvalue weighted by molar-refractivity contribution is 6.33. The van der Waals surface area contributed by atoms with Crippen LogP contribution in [0.25, 0.3) is 0 Å². The lowest BCUT2D eigenvalue weighted by Gasteiger charge is -2.30. The highest BCUT2D eigenvalue weighted by atomic mass is 35.5. The number of rotatable bonds is 6. The number of benzene rings is 1. The molecule has 0 spiro atoms. The largest absolute Gasteiger partial charge is 0.480 e. The van der Waals surface area contributed by atoms with Gasteiger partial charge in [-0.05, 0) is 25.0 Å². The van der Waals surface area contributed by atoms with Crippen LogP contribution >= 0.6 is 11.6 Å². The van der Waals surface area contributed by atoms with E-state index in [1.807, 2.05) is 36.9 Å². The Balaban J connectivity index is 3.08. The van der Waals surface area contributed by atoms with Gasteiger partial charge >= 0.3 is 5.97 Å². The normalized spacial score (nSPS) is 12.2. The van der Waals surface area contributed by atoms with Crippen LogP contribution < -0.4 is 4.90 Å². The summed E-state index contributed by atoms with van der Waals surface area (Å²) in [6.07, 6.45) is 1.44. The van der Waals surface area contributed by atoms with E-state index < -0.39 is 12.0 Å². The van der Waals surface area contributed by atoms with Gasteiger partial charge in [-0.1, -0.05) is 37.6 Å². The van der Waals surface area contributed by atoms with Crippen LogP contribution in [0.5, 0.6) is 0 Å². The first-order valence-corrected chi connectivity index (χ1v) is 6.23. The Bertz CT molecular complexity index is 381. The summed E-state index contributed by atoms with van der Waals surface area (Å²) in [5.74, 6) is -0.805. The zero-order valence-electron chi connectivity index (χ0n) is 10.2. The van der Waals surface area contributed by atoms with Crippen molar-refractivity contribution >= 4 is 23.3 Å². The summed E-state index contributed by atoms with van der Waals surface area (Å²) in [6.45, 7) is 4.59. The Morgan fingerprint density at radius 3 is 2.53 bits per heavy atom. The molecule has 0 saturated heterocycles. The maximum Gasteiger partial charge on any atom is 0.326 e. The molecule has 1 atom stereocenters. The molecule has 0 bridgehead atoms. The van der Waals surface area contributed by atoms with Crippen molar-refractivity contribution in [1.29, 1.82) is 0 Å². The maximum absolute atomic E-state index is 11.2. The van der Waals surface area contributed by atoms with Gasteiger partial charge in [0.15, 0.2) is 0 Å². The molecule has 0 aliphatic carbocycles. The van der Waals surface area contributed by atoms with E-state index in [9.17, 15) is 9.90 Å². The van der Waals surface area contributed by atoms with Crippen molar-refractivity contribution in [3.8, 4) is 0 Å². The number of hydrogen-bond donors (Lipinski definition) is 1. The second kappa shape index (κ2) is 6.50. The highest BCUT2D eigenvalue weighted by Gasteiger charge is 2.24. The van der Waals surface area contributed by atoms with Gasteiger partial charge in [0.25, 0.3) is 0 Å². The number of para-hydroxylation sites is 1. The minimum absolute atomic E-state index is 0.519. The lowest BCUT2D eigenvalue weighted by molar-refractivity contribution is -0.138. The number of aliphatic carboxylic acids is 1. The summed E-state index contributed by atoms with van der Waals surface area (Å²) in [4.78, 5) is 13.1. The lowest BCUT2D eigenvalue weighted by Crippen LogP contribution is -2.41. The van der Waals surface area contributed by atoms with E-state index >= 15 is 0 Å². The molecule has 0 heterocycles. The minimum atomic E-state index is -0.805. The van der Waals surface area contributed by atoms with Gasteiger partial charge in [-0.15, -0.1) is 0 Å². The van der Waals surface area contributed by atoms with Gasteiger partial charge in [-0.2, -0.15) is 0 Å². The van der Waals surface area contributed by atoms with Crippen molar-refractivity contribution in [2.75, 3.05) is 11.4 Å². The van der Waals surface area contributed by atoms with Gasteiger partial charge < -0.3 is 10.0 Å². The summed E-state index contributed by atoms with van der Waals surface area (Å²) in [5, 5.41) is 9.84. The van der Waals surface area contributed by atoms with E-state index in [0.29, 0.717) is 18.0 Å². The van der Waals surface area contributed by atoms with Crippen molar-refractivity contribution in [3.63, 3.8) is 0 Å².